The van der Waals surface area contributed by atoms with Crippen LogP contribution < -0.4 is 10.2 Å². The van der Waals surface area contributed by atoms with Crippen molar-refractivity contribution >= 4 is 28.3 Å². The number of amides is 1. The molecule has 3 aliphatic rings. The summed E-state index contributed by atoms with van der Waals surface area (Å²) in [4.78, 5) is 21.5. The summed E-state index contributed by atoms with van der Waals surface area (Å²) < 4.78 is 46.3. The second-order valence-corrected chi connectivity index (χ2v) is 10.3. The molecule has 198 valence electrons. The number of likely N-dealkylation sites (tertiary alicyclic amines) is 1. The van der Waals surface area contributed by atoms with Gasteiger partial charge in [-0.1, -0.05) is 6.42 Å². The molecule has 2 saturated heterocycles. The highest BCUT2D eigenvalue weighted by Gasteiger charge is 2.49. The maximum absolute atomic E-state index is 13.3. The number of pyridine rings is 1. The van der Waals surface area contributed by atoms with Crippen molar-refractivity contribution in [1.82, 2.24) is 29.9 Å². The van der Waals surface area contributed by atoms with Crippen molar-refractivity contribution in [3.8, 4) is 11.4 Å². The maximum Gasteiger partial charge on any atom is 0.408 e. The summed E-state index contributed by atoms with van der Waals surface area (Å²) in [6.45, 7) is 1.09. The zero-order chi connectivity index (χ0) is 25.8. The Morgan fingerprint density at radius 3 is 2.78 bits per heavy atom. The van der Waals surface area contributed by atoms with Gasteiger partial charge in [-0.3, -0.25) is 24.5 Å². The van der Waals surface area contributed by atoms with E-state index in [1.54, 1.807) is 13.2 Å². The van der Waals surface area contributed by atoms with Crippen LogP contribution in [0.4, 0.5) is 24.7 Å². The third kappa shape index (κ3) is 4.65. The monoisotopic (exact) mass is 518 g/mol. The quantitative estimate of drug-likeness (QED) is 0.495. The zero-order valence-electron chi connectivity index (χ0n) is 20.5. The summed E-state index contributed by atoms with van der Waals surface area (Å²) in [7, 11) is 1.60. The minimum Gasteiger partial charge on any atom is -0.378 e. The van der Waals surface area contributed by atoms with E-state index >= 15 is 0 Å². The van der Waals surface area contributed by atoms with Crippen LogP contribution in [0.1, 0.15) is 32.1 Å². The summed E-state index contributed by atoms with van der Waals surface area (Å²) in [6, 6.07) is 1.55. The fraction of sp³-hybridized carbons (Fsp3) is 0.583. The van der Waals surface area contributed by atoms with Crippen LogP contribution in [0.3, 0.4) is 0 Å². The summed E-state index contributed by atoms with van der Waals surface area (Å²) >= 11 is 0. The molecule has 5 heterocycles. The molecule has 1 amide bonds. The smallest absolute Gasteiger partial charge is 0.378 e. The number of nitrogens with zero attached hydrogens (tertiary/aromatic N) is 6. The van der Waals surface area contributed by atoms with E-state index in [1.807, 2.05) is 4.90 Å². The zero-order valence-corrected chi connectivity index (χ0v) is 20.5. The molecule has 10 nitrogen and oxygen atoms in total. The van der Waals surface area contributed by atoms with Crippen LogP contribution in [-0.4, -0.2) is 86.9 Å². The first-order valence-electron chi connectivity index (χ1n) is 12.5. The Bertz CT molecular complexity index is 1310. The molecule has 3 aromatic heterocycles. The summed E-state index contributed by atoms with van der Waals surface area (Å²) in [5, 5.41) is 14.6. The number of nitrogens with one attached hydrogen (secondary N) is 2. The van der Waals surface area contributed by atoms with Gasteiger partial charge in [0.05, 0.1) is 41.1 Å². The van der Waals surface area contributed by atoms with Crippen LogP contribution >= 0.6 is 0 Å². The van der Waals surface area contributed by atoms with E-state index in [0.717, 1.165) is 36.9 Å². The Hall–Kier alpha value is -3.19. The van der Waals surface area contributed by atoms with Gasteiger partial charge in [0.2, 0.25) is 5.91 Å². The molecule has 3 fully saturated rings. The lowest BCUT2D eigenvalue weighted by atomic mass is 10.00. The molecule has 0 unspecified atom stereocenters. The number of anilines is 2. The van der Waals surface area contributed by atoms with Gasteiger partial charge < -0.3 is 15.0 Å². The standard InChI is InChI=1S/C24H29F3N8O2/c1-37-15-11-33(12-15)22-16-9-28-17(8-19(16)35(32-22)14-24(25,26)27)21-18(10-29-31-21)30-20(36)13-34-7-3-2-4-23(34)5-6-23/h8-10,15H,2-7,11-14H2,1H3,(H,29,31)(H,30,36). The number of alkyl halides is 3. The number of ether oxygens (including phenoxy) is 1. The largest absolute Gasteiger partial charge is 0.408 e. The fourth-order valence-corrected chi connectivity index (χ4v) is 5.52. The minimum absolute atomic E-state index is 0.0194. The van der Waals surface area contributed by atoms with Crippen molar-refractivity contribution in [2.45, 2.75) is 56.5 Å². The lowest BCUT2D eigenvalue weighted by Crippen LogP contribution is -2.52. The van der Waals surface area contributed by atoms with Gasteiger partial charge in [-0.15, -0.1) is 0 Å². The summed E-state index contributed by atoms with van der Waals surface area (Å²) in [5.41, 5.74) is 1.72. The van der Waals surface area contributed by atoms with Crippen LogP contribution in [0.5, 0.6) is 0 Å². The molecule has 6 rings (SSSR count). The lowest BCUT2D eigenvalue weighted by Gasteiger charge is -2.38. The van der Waals surface area contributed by atoms with E-state index in [1.165, 1.54) is 18.8 Å². The number of H-pyrrole nitrogens is 1. The van der Waals surface area contributed by atoms with E-state index in [9.17, 15) is 18.0 Å². The molecule has 0 atom stereocenters. The van der Waals surface area contributed by atoms with Crippen molar-refractivity contribution in [2.75, 3.05) is 43.5 Å². The van der Waals surface area contributed by atoms with E-state index in [-0.39, 0.29) is 17.6 Å². The molecule has 2 N–H and O–H groups in total. The molecule has 0 bridgehead atoms. The van der Waals surface area contributed by atoms with Crippen molar-refractivity contribution < 1.29 is 22.7 Å². The van der Waals surface area contributed by atoms with Crippen LogP contribution in [-0.2, 0) is 16.1 Å². The molecule has 3 aromatic rings. The van der Waals surface area contributed by atoms with Crippen LogP contribution in [0.15, 0.2) is 18.5 Å². The number of carbonyl (C=O) groups excluding carboxylic acids is 1. The maximum atomic E-state index is 13.3. The highest BCUT2D eigenvalue weighted by molar-refractivity contribution is 5.97. The number of methoxy groups -OCH3 is 1. The molecule has 1 spiro atoms. The number of rotatable bonds is 7. The Morgan fingerprint density at radius 1 is 1.24 bits per heavy atom. The summed E-state index contributed by atoms with van der Waals surface area (Å²) in [6.07, 6.45) is 4.30. The van der Waals surface area contributed by atoms with Crippen molar-refractivity contribution in [2.24, 2.45) is 0 Å². The number of aromatic nitrogens is 5. The predicted molar refractivity (Wildman–Crippen MR) is 130 cm³/mol. The normalized spacial score (nSPS) is 19.9. The number of piperidine rings is 1. The number of halogens is 3. The first-order chi connectivity index (χ1) is 17.7. The van der Waals surface area contributed by atoms with E-state index in [0.29, 0.717) is 53.4 Å². The minimum atomic E-state index is -4.44. The van der Waals surface area contributed by atoms with Crippen LogP contribution in [0.2, 0.25) is 0 Å². The number of carbonyl (C=O) groups is 1. The Kier molecular flexibility index (Phi) is 5.86. The molecule has 1 aliphatic carbocycles. The van der Waals surface area contributed by atoms with Gasteiger partial charge in [0, 0.05) is 31.9 Å². The second-order valence-electron chi connectivity index (χ2n) is 10.3. The SMILES string of the molecule is COC1CN(c2nn(CC(F)(F)F)c3cc(-c4[nH]ncc4NC(=O)CN4CCCCC45CC5)ncc23)C1. The van der Waals surface area contributed by atoms with Crippen LogP contribution in [0.25, 0.3) is 22.3 Å². The molecule has 2 aliphatic heterocycles. The van der Waals surface area contributed by atoms with Gasteiger partial charge in [0.1, 0.15) is 12.2 Å². The van der Waals surface area contributed by atoms with E-state index in [2.05, 4.69) is 30.5 Å². The Morgan fingerprint density at radius 2 is 2.05 bits per heavy atom. The van der Waals surface area contributed by atoms with Crippen LogP contribution in [0, 0.1) is 0 Å². The molecule has 13 heteroatoms. The summed E-state index contributed by atoms with van der Waals surface area (Å²) in [5.74, 6) is 0.298. The van der Waals surface area contributed by atoms with E-state index in [4.69, 9.17) is 4.74 Å². The van der Waals surface area contributed by atoms with Gasteiger partial charge in [-0.05, 0) is 38.3 Å². The first-order valence-corrected chi connectivity index (χ1v) is 12.5. The third-order valence-corrected chi connectivity index (χ3v) is 7.75. The molecule has 37 heavy (non-hydrogen) atoms. The van der Waals surface area contributed by atoms with Gasteiger partial charge in [0.15, 0.2) is 5.82 Å². The first kappa shape index (κ1) is 24.2. The van der Waals surface area contributed by atoms with Crippen molar-refractivity contribution in [1.29, 1.82) is 0 Å². The number of hydrogen-bond acceptors (Lipinski definition) is 7. The molecule has 1 saturated carbocycles. The average Bonchev–Trinajstić information content (AvgIpc) is 3.30. The number of fused-ring (bicyclic) bond motifs is 1. The van der Waals surface area contributed by atoms with E-state index < -0.39 is 12.7 Å². The number of aromatic amines is 1. The molecule has 0 radical (unpaired) electrons. The third-order valence-electron chi connectivity index (χ3n) is 7.75. The average molecular weight is 519 g/mol. The fourth-order valence-electron chi connectivity index (χ4n) is 5.52. The molecular formula is C24H29F3N8O2. The Labute approximate surface area is 211 Å². The molecule has 0 aromatic carbocycles. The van der Waals surface area contributed by atoms with Crippen molar-refractivity contribution in [3.05, 3.63) is 18.5 Å². The topological polar surface area (TPSA) is 104 Å². The van der Waals surface area contributed by atoms with Gasteiger partial charge in [-0.25, -0.2) is 0 Å². The molecular weight excluding hydrogens is 489 g/mol. The Balaban J connectivity index is 1.26. The van der Waals surface area contributed by atoms with Crippen molar-refractivity contribution in [3.63, 3.8) is 0 Å². The number of hydrogen-bond donors (Lipinski definition) is 2. The highest BCUT2D eigenvalue weighted by Crippen LogP contribution is 2.48. The second kappa shape index (κ2) is 8.98. The highest BCUT2D eigenvalue weighted by atomic mass is 19.4. The van der Waals surface area contributed by atoms with Gasteiger partial charge in [0.25, 0.3) is 0 Å². The predicted octanol–water partition coefficient (Wildman–Crippen LogP) is 3.18. The lowest BCUT2D eigenvalue weighted by molar-refractivity contribution is -0.141. The van der Waals surface area contributed by atoms with Gasteiger partial charge in [-0.2, -0.15) is 23.4 Å². The van der Waals surface area contributed by atoms with Gasteiger partial charge >= 0.3 is 6.18 Å².